The number of halogens is 3. The molecule has 0 atom stereocenters. The van der Waals surface area contributed by atoms with Gasteiger partial charge in [0.1, 0.15) is 5.92 Å². The first-order chi connectivity index (χ1) is 13.1. The van der Waals surface area contributed by atoms with E-state index in [1.54, 1.807) is 0 Å². The van der Waals surface area contributed by atoms with Gasteiger partial charge in [-0.25, -0.2) is 4.79 Å². The molecule has 0 saturated carbocycles. The summed E-state index contributed by atoms with van der Waals surface area (Å²) < 4.78 is 0. The molecule has 1 saturated heterocycles. The molecule has 2 rings (SSSR count). The second-order valence-corrected chi connectivity index (χ2v) is 6.63. The van der Waals surface area contributed by atoms with Crippen LogP contribution in [0, 0.1) is 5.92 Å². The van der Waals surface area contributed by atoms with E-state index in [2.05, 4.69) is 5.32 Å². The highest BCUT2D eigenvalue weighted by Crippen LogP contribution is 2.32. The minimum atomic E-state index is -1.42. The zero-order valence-electron chi connectivity index (χ0n) is 13.7. The number of carbonyl (C=O) groups is 6. The van der Waals surface area contributed by atoms with Gasteiger partial charge in [-0.1, -0.05) is 40.9 Å². The van der Waals surface area contributed by atoms with Crippen molar-refractivity contribution in [3.63, 3.8) is 0 Å². The highest BCUT2D eigenvalue weighted by atomic mass is 35.5. The molecule has 0 radical (unpaired) electrons. The zero-order chi connectivity index (χ0) is 21.0. The number of nitrogens with one attached hydrogen (secondary N) is 3. The number of hydrogen-bond acceptors (Lipinski definition) is 6. The number of anilines is 1. The minimum absolute atomic E-state index is 0.0256. The normalized spacial score (nSPS) is 14.6. The molecule has 0 aromatic heterocycles. The predicted octanol–water partition coefficient (Wildman–Crippen LogP) is 1.65. The first-order valence-electron chi connectivity index (χ1n) is 7.44. The number of benzene rings is 1. The Hall–Kier alpha value is -2.75. The molecular formula is C16H10Cl3N3O6. The Morgan fingerprint density at radius 3 is 2.14 bits per heavy atom. The van der Waals surface area contributed by atoms with Gasteiger partial charge in [-0.3, -0.25) is 34.6 Å². The molecule has 28 heavy (non-hydrogen) atoms. The quantitative estimate of drug-likeness (QED) is 0.263. The van der Waals surface area contributed by atoms with Crippen LogP contribution in [-0.2, 0) is 24.0 Å². The van der Waals surface area contributed by atoms with Crippen LogP contribution in [0.15, 0.2) is 24.3 Å². The maximum Gasteiger partial charge on any atom is 0.328 e. The number of hydrogen-bond donors (Lipinski definition) is 3. The SMILES string of the molecule is O=C(/C=C\C1C(=O)NC(=O)NC1=O)CC(=O)C(=O)Nc1cc(Cl)c(Cl)cc1Cl. The lowest BCUT2D eigenvalue weighted by atomic mass is 10.0. The number of rotatable bonds is 6. The Morgan fingerprint density at radius 2 is 1.54 bits per heavy atom. The van der Waals surface area contributed by atoms with Gasteiger partial charge in [-0.05, 0) is 18.2 Å². The maximum absolute atomic E-state index is 11.9. The van der Waals surface area contributed by atoms with E-state index >= 15 is 0 Å². The van der Waals surface area contributed by atoms with E-state index in [1.807, 2.05) is 10.6 Å². The molecule has 12 heteroatoms. The molecule has 1 aliphatic rings. The van der Waals surface area contributed by atoms with Crippen LogP contribution in [0.4, 0.5) is 10.5 Å². The first kappa shape index (κ1) is 21.5. The number of allylic oxidation sites excluding steroid dienone is 1. The third kappa shape index (κ3) is 5.38. The molecular weight excluding hydrogens is 437 g/mol. The summed E-state index contributed by atoms with van der Waals surface area (Å²) in [5.74, 6) is -6.31. The molecule has 1 fully saturated rings. The smallest absolute Gasteiger partial charge is 0.318 e. The van der Waals surface area contributed by atoms with Gasteiger partial charge in [0, 0.05) is 0 Å². The van der Waals surface area contributed by atoms with Gasteiger partial charge in [-0.2, -0.15) is 0 Å². The predicted molar refractivity (Wildman–Crippen MR) is 99.0 cm³/mol. The average molecular weight is 447 g/mol. The summed E-state index contributed by atoms with van der Waals surface area (Å²) >= 11 is 17.4. The summed E-state index contributed by atoms with van der Waals surface area (Å²) in [5, 5.41) is 6.17. The Bertz CT molecular complexity index is 924. The number of imide groups is 2. The molecule has 1 aliphatic heterocycles. The first-order valence-corrected chi connectivity index (χ1v) is 8.57. The molecule has 0 aliphatic carbocycles. The van der Waals surface area contributed by atoms with Gasteiger partial charge in [0.2, 0.25) is 17.6 Å². The largest absolute Gasteiger partial charge is 0.328 e. The highest BCUT2D eigenvalue weighted by Gasteiger charge is 2.32. The number of amides is 5. The fourth-order valence-electron chi connectivity index (χ4n) is 2.02. The lowest BCUT2D eigenvalue weighted by Crippen LogP contribution is -2.55. The fraction of sp³-hybridized carbons (Fsp3) is 0.125. The molecule has 0 unspecified atom stereocenters. The van der Waals surface area contributed by atoms with Crippen LogP contribution in [-0.4, -0.2) is 35.3 Å². The number of urea groups is 1. The van der Waals surface area contributed by atoms with E-state index < -0.39 is 47.7 Å². The molecule has 9 nitrogen and oxygen atoms in total. The van der Waals surface area contributed by atoms with Crippen molar-refractivity contribution in [1.82, 2.24) is 10.6 Å². The van der Waals surface area contributed by atoms with Crippen LogP contribution >= 0.6 is 34.8 Å². The van der Waals surface area contributed by atoms with Crippen molar-refractivity contribution in [3.8, 4) is 0 Å². The van der Waals surface area contributed by atoms with Crippen molar-refractivity contribution >= 4 is 75.8 Å². The molecule has 1 aromatic carbocycles. The van der Waals surface area contributed by atoms with Crippen molar-refractivity contribution in [3.05, 3.63) is 39.4 Å². The zero-order valence-corrected chi connectivity index (χ0v) is 15.9. The maximum atomic E-state index is 11.9. The van der Waals surface area contributed by atoms with Crippen molar-refractivity contribution < 1.29 is 28.8 Å². The highest BCUT2D eigenvalue weighted by molar-refractivity contribution is 6.46. The van der Waals surface area contributed by atoms with Crippen LogP contribution in [0.3, 0.4) is 0 Å². The van der Waals surface area contributed by atoms with E-state index in [4.69, 9.17) is 34.8 Å². The Balaban J connectivity index is 1.96. The van der Waals surface area contributed by atoms with Crippen molar-refractivity contribution in [2.24, 2.45) is 5.92 Å². The van der Waals surface area contributed by atoms with Gasteiger partial charge in [0.15, 0.2) is 5.78 Å². The van der Waals surface area contributed by atoms with Crippen molar-refractivity contribution in [2.75, 3.05) is 5.32 Å². The summed E-state index contributed by atoms with van der Waals surface area (Å²) in [4.78, 5) is 69.6. The fourth-order valence-corrected chi connectivity index (χ4v) is 2.61. The van der Waals surface area contributed by atoms with Crippen molar-refractivity contribution in [1.29, 1.82) is 0 Å². The summed E-state index contributed by atoms with van der Waals surface area (Å²) in [6.45, 7) is 0. The monoisotopic (exact) mass is 445 g/mol. The van der Waals surface area contributed by atoms with Crippen molar-refractivity contribution in [2.45, 2.75) is 6.42 Å². The number of carbonyl (C=O) groups excluding carboxylic acids is 6. The van der Waals surface area contributed by atoms with E-state index in [-0.39, 0.29) is 20.8 Å². The molecule has 1 aromatic rings. The van der Waals surface area contributed by atoms with Crippen LogP contribution < -0.4 is 16.0 Å². The van der Waals surface area contributed by atoms with Crippen LogP contribution in [0.1, 0.15) is 6.42 Å². The minimum Gasteiger partial charge on any atom is -0.318 e. The summed E-state index contributed by atoms with van der Waals surface area (Å²) in [6.07, 6.45) is 0.896. The second kappa shape index (κ2) is 8.96. The number of barbiturate groups is 1. The van der Waals surface area contributed by atoms with E-state index in [1.165, 1.54) is 12.1 Å². The van der Waals surface area contributed by atoms with Crippen LogP contribution in [0.25, 0.3) is 0 Å². The van der Waals surface area contributed by atoms with E-state index in [0.717, 1.165) is 12.2 Å². The van der Waals surface area contributed by atoms with E-state index in [9.17, 15) is 28.8 Å². The van der Waals surface area contributed by atoms with Crippen LogP contribution in [0.5, 0.6) is 0 Å². The lowest BCUT2D eigenvalue weighted by Gasteiger charge is -2.17. The number of Topliss-reactive ketones (excluding diaryl/α,β-unsaturated/α-hetero) is 1. The molecule has 0 bridgehead atoms. The number of ketones is 2. The Kier molecular flexibility index (Phi) is 6.90. The molecule has 3 N–H and O–H groups in total. The van der Waals surface area contributed by atoms with Gasteiger partial charge < -0.3 is 5.32 Å². The lowest BCUT2D eigenvalue weighted by molar-refractivity contribution is -0.136. The third-order valence-electron chi connectivity index (χ3n) is 3.36. The van der Waals surface area contributed by atoms with Gasteiger partial charge in [-0.15, -0.1) is 0 Å². The van der Waals surface area contributed by atoms with Gasteiger partial charge in [0.25, 0.3) is 5.91 Å². The second-order valence-electron chi connectivity index (χ2n) is 5.41. The molecule has 146 valence electrons. The summed E-state index contributed by atoms with van der Waals surface area (Å²) in [5.41, 5.74) is 0.0256. The molecule has 1 heterocycles. The Morgan fingerprint density at radius 1 is 0.964 bits per heavy atom. The Labute approximate surface area is 172 Å². The third-order valence-corrected chi connectivity index (χ3v) is 4.39. The summed E-state index contributed by atoms with van der Waals surface area (Å²) in [6, 6.07) is 1.53. The van der Waals surface area contributed by atoms with E-state index in [0.29, 0.717) is 0 Å². The summed E-state index contributed by atoms with van der Waals surface area (Å²) in [7, 11) is 0. The standard InChI is InChI=1S/C16H10Cl3N3O6/c17-8-4-10(19)11(5-9(8)18)20-15(27)12(24)3-6(23)1-2-7-13(25)21-16(28)22-14(7)26/h1-2,4-5,7H,3H2,(H,20,27)(H2,21,22,25,26,28)/b2-1-. The molecule has 0 spiro atoms. The topological polar surface area (TPSA) is 139 Å². The average Bonchev–Trinajstić information content (AvgIpc) is 2.58. The van der Waals surface area contributed by atoms with Gasteiger partial charge in [0.05, 0.1) is 27.2 Å². The molecule has 5 amide bonds. The van der Waals surface area contributed by atoms with Gasteiger partial charge >= 0.3 is 6.03 Å². The van der Waals surface area contributed by atoms with Crippen LogP contribution in [0.2, 0.25) is 15.1 Å².